The van der Waals surface area contributed by atoms with E-state index in [9.17, 15) is 4.79 Å². The summed E-state index contributed by atoms with van der Waals surface area (Å²) in [6, 6.07) is 6.39. The molecule has 3 N–H and O–H groups in total. The molecule has 3 rings (SSSR count). The molecule has 1 amide bonds. The number of nitrogens with zero attached hydrogens (tertiary/aromatic N) is 2. The first kappa shape index (κ1) is 17.8. The number of hydrogen-bond acceptors (Lipinski definition) is 2. The predicted octanol–water partition coefficient (Wildman–Crippen LogP) is 3.08. The maximum Gasteiger partial charge on any atom is 0.222 e. The minimum atomic E-state index is 0.295. The van der Waals surface area contributed by atoms with Crippen molar-refractivity contribution in [3.8, 4) is 0 Å². The molecule has 1 aliphatic heterocycles. The summed E-state index contributed by atoms with van der Waals surface area (Å²) in [6.45, 7) is 2.33. The predicted molar refractivity (Wildman–Crippen MR) is 103 cm³/mol. The number of anilines is 1. The molecule has 0 radical (unpaired) electrons. The van der Waals surface area contributed by atoms with Crippen LogP contribution in [0.5, 0.6) is 0 Å². The van der Waals surface area contributed by atoms with E-state index in [1.165, 1.54) is 30.4 Å². The van der Waals surface area contributed by atoms with Crippen LogP contribution in [0.1, 0.15) is 56.1 Å². The van der Waals surface area contributed by atoms with E-state index in [0.717, 1.165) is 50.9 Å². The van der Waals surface area contributed by atoms with E-state index in [2.05, 4.69) is 28.5 Å². The van der Waals surface area contributed by atoms with Crippen molar-refractivity contribution in [2.45, 2.75) is 57.8 Å². The van der Waals surface area contributed by atoms with Gasteiger partial charge in [-0.2, -0.15) is 0 Å². The minimum absolute atomic E-state index is 0.295. The van der Waals surface area contributed by atoms with Gasteiger partial charge in [-0.25, -0.2) is 0 Å². The SMILES string of the molecule is NC(=NCCCN1CCCCCC1=O)Nc1cccc2c1CCCC2. The van der Waals surface area contributed by atoms with Crippen LogP contribution in [-0.2, 0) is 17.6 Å². The molecule has 0 bridgehead atoms. The molecule has 0 atom stereocenters. The summed E-state index contributed by atoms with van der Waals surface area (Å²) in [4.78, 5) is 18.4. The number of aliphatic imine (C=N–C) groups is 1. The maximum atomic E-state index is 12.0. The molecule has 0 aromatic heterocycles. The van der Waals surface area contributed by atoms with Crippen LogP contribution in [0.4, 0.5) is 5.69 Å². The Morgan fingerprint density at radius 3 is 2.88 bits per heavy atom. The van der Waals surface area contributed by atoms with Crippen molar-refractivity contribution in [2.75, 3.05) is 25.0 Å². The van der Waals surface area contributed by atoms with Gasteiger partial charge in [0, 0.05) is 31.7 Å². The monoisotopic (exact) mass is 342 g/mol. The third-order valence-corrected chi connectivity index (χ3v) is 5.20. The van der Waals surface area contributed by atoms with Crippen LogP contribution < -0.4 is 11.1 Å². The summed E-state index contributed by atoms with van der Waals surface area (Å²) in [5, 5.41) is 3.27. The number of likely N-dealkylation sites (tertiary alicyclic amines) is 1. The molecule has 1 heterocycles. The largest absolute Gasteiger partial charge is 0.370 e. The van der Waals surface area contributed by atoms with E-state index in [1.54, 1.807) is 0 Å². The second kappa shape index (κ2) is 8.88. The molecule has 1 aromatic rings. The van der Waals surface area contributed by atoms with Crippen LogP contribution in [0.3, 0.4) is 0 Å². The number of aryl methyl sites for hydroxylation is 1. The Morgan fingerprint density at radius 2 is 1.96 bits per heavy atom. The molecule has 25 heavy (non-hydrogen) atoms. The van der Waals surface area contributed by atoms with Gasteiger partial charge in [-0.3, -0.25) is 9.79 Å². The number of carbonyl (C=O) groups is 1. The van der Waals surface area contributed by atoms with E-state index < -0.39 is 0 Å². The van der Waals surface area contributed by atoms with Crippen LogP contribution >= 0.6 is 0 Å². The molecule has 1 aromatic carbocycles. The number of nitrogens with two attached hydrogens (primary N) is 1. The van der Waals surface area contributed by atoms with Gasteiger partial charge in [0.05, 0.1) is 0 Å². The average molecular weight is 342 g/mol. The van der Waals surface area contributed by atoms with E-state index in [1.807, 2.05) is 4.90 Å². The van der Waals surface area contributed by atoms with E-state index in [0.29, 0.717) is 24.8 Å². The highest BCUT2D eigenvalue weighted by atomic mass is 16.2. The molecule has 5 nitrogen and oxygen atoms in total. The van der Waals surface area contributed by atoms with Crippen LogP contribution in [0, 0.1) is 0 Å². The molecule has 5 heteroatoms. The Bertz CT molecular complexity index is 626. The Hall–Kier alpha value is -2.04. The summed E-state index contributed by atoms with van der Waals surface area (Å²) in [5.41, 5.74) is 9.99. The lowest BCUT2D eigenvalue weighted by Gasteiger charge is -2.20. The van der Waals surface area contributed by atoms with Gasteiger partial charge in [0.1, 0.15) is 0 Å². The van der Waals surface area contributed by atoms with Crippen LogP contribution in [0.15, 0.2) is 23.2 Å². The molecule has 1 fully saturated rings. The normalized spacial score (nSPS) is 18.6. The lowest BCUT2D eigenvalue weighted by molar-refractivity contribution is -0.130. The van der Waals surface area contributed by atoms with Gasteiger partial charge in [0.15, 0.2) is 5.96 Å². The third kappa shape index (κ3) is 4.97. The summed E-state index contributed by atoms with van der Waals surface area (Å²) >= 11 is 0. The van der Waals surface area contributed by atoms with Gasteiger partial charge in [-0.05, 0) is 62.1 Å². The lowest BCUT2D eigenvalue weighted by atomic mass is 9.90. The second-order valence-corrected chi connectivity index (χ2v) is 7.09. The van der Waals surface area contributed by atoms with Crippen LogP contribution in [0.25, 0.3) is 0 Å². The first-order chi connectivity index (χ1) is 12.2. The van der Waals surface area contributed by atoms with Gasteiger partial charge in [0.2, 0.25) is 5.91 Å². The van der Waals surface area contributed by atoms with Gasteiger partial charge < -0.3 is 16.0 Å². The number of carbonyl (C=O) groups excluding carboxylic acids is 1. The zero-order valence-electron chi connectivity index (χ0n) is 15.1. The number of rotatable bonds is 5. The maximum absolute atomic E-state index is 12.0. The molecule has 136 valence electrons. The lowest BCUT2D eigenvalue weighted by Crippen LogP contribution is -2.31. The van der Waals surface area contributed by atoms with E-state index in [-0.39, 0.29) is 0 Å². The fourth-order valence-corrected chi connectivity index (χ4v) is 3.81. The number of amides is 1. The van der Waals surface area contributed by atoms with Crippen LogP contribution in [-0.4, -0.2) is 36.4 Å². The Kier molecular flexibility index (Phi) is 6.31. The summed E-state index contributed by atoms with van der Waals surface area (Å²) in [7, 11) is 0. The molecule has 1 saturated heterocycles. The Labute approximate surface area is 150 Å². The summed E-state index contributed by atoms with van der Waals surface area (Å²) in [6.07, 6.45) is 9.67. The fraction of sp³-hybridized carbons (Fsp3) is 0.600. The minimum Gasteiger partial charge on any atom is -0.370 e. The van der Waals surface area contributed by atoms with Crippen LogP contribution in [0.2, 0.25) is 0 Å². The van der Waals surface area contributed by atoms with E-state index in [4.69, 9.17) is 5.73 Å². The van der Waals surface area contributed by atoms with Crippen molar-refractivity contribution in [1.29, 1.82) is 0 Å². The van der Waals surface area contributed by atoms with Gasteiger partial charge >= 0.3 is 0 Å². The fourth-order valence-electron chi connectivity index (χ4n) is 3.81. The second-order valence-electron chi connectivity index (χ2n) is 7.09. The highest BCUT2D eigenvalue weighted by Crippen LogP contribution is 2.27. The van der Waals surface area contributed by atoms with Crippen molar-refractivity contribution in [3.63, 3.8) is 0 Å². The molecular weight excluding hydrogens is 312 g/mol. The Balaban J connectivity index is 1.48. The summed E-state index contributed by atoms with van der Waals surface area (Å²) < 4.78 is 0. The van der Waals surface area contributed by atoms with Crippen molar-refractivity contribution in [3.05, 3.63) is 29.3 Å². The number of nitrogens with one attached hydrogen (secondary N) is 1. The van der Waals surface area contributed by atoms with Crippen molar-refractivity contribution in [1.82, 2.24) is 4.90 Å². The highest BCUT2D eigenvalue weighted by molar-refractivity contribution is 5.93. The average Bonchev–Trinajstić information content (AvgIpc) is 2.83. The van der Waals surface area contributed by atoms with Crippen molar-refractivity contribution >= 4 is 17.6 Å². The summed E-state index contributed by atoms with van der Waals surface area (Å²) in [5.74, 6) is 0.768. The smallest absolute Gasteiger partial charge is 0.222 e. The standard InChI is InChI=1S/C20H30N4O/c21-20(22-13-7-15-24-14-5-1-2-12-19(24)25)23-18-11-6-9-16-8-3-4-10-17(16)18/h6,9,11H,1-5,7-8,10,12-15H2,(H3,21,22,23). The molecular formula is C20H30N4O. The zero-order valence-corrected chi connectivity index (χ0v) is 15.1. The van der Waals surface area contributed by atoms with E-state index >= 15 is 0 Å². The molecule has 0 saturated carbocycles. The highest BCUT2D eigenvalue weighted by Gasteiger charge is 2.16. The molecule has 0 unspecified atom stereocenters. The molecule has 2 aliphatic rings. The number of hydrogen-bond donors (Lipinski definition) is 2. The number of benzene rings is 1. The van der Waals surface area contributed by atoms with Gasteiger partial charge in [-0.15, -0.1) is 0 Å². The molecule has 0 spiro atoms. The van der Waals surface area contributed by atoms with Crippen molar-refractivity contribution < 1.29 is 4.79 Å². The van der Waals surface area contributed by atoms with Crippen molar-refractivity contribution in [2.24, 2.45) is 10.7 Å². The Morgan fingerprint density at radius 1 is 1.12 bits per heavy atom. The number of guanidine groups is 1. The number of fused-ring (bicyclic) bond motifs is 1. The third-order valence-electron chi connectivity index (χ3n) is 5.20. The topological polar surface area (TPSA) is 70.7 Å². The van der Waals surface area contributed by atoms with Gasteiger partial charge in [-0.1, -0.05) is 18.6 Å². The first-order valence-corrected chi connectivity index (χ1v) is 9.69. The molecule has 1 aliphatic carbocycles. The first-order valence-electron chi connectivity index (χ1n) is 9.69. The zero-order chi connectivity index (χ0) is 17.5. The van der Waals surface area contributed by atoms with Gasteiger partial charge in [0.25, 0.3) is 0 Å². The quantitative estimate of drug-likeness (QED) is 0.491.